The van der Waals surface area contributed by atoms with Gasteiger partial charge in [-0.05, 0) is 42.0 Å². The molecule has 94 valence electrons. The van der Waals surface area contributed by atoms with Gasteiger partial charge in [0.2, 0.25) is 6.54 Å². The maximum absolute atomic E-state index is 10.8. The van der Waals surface area contributed by atoms with Crippen molar-refractivity contribution in [3.05, 3.63) is 67.4 Å². The lowest BCUT2D eigenvalue weighted by molar-refractivity contribution is -0.481. The molecule has 0 amide bonds. The van der Waals surface area contributed by atoms with Gasteiger partial charge in [-0.25, -0.2) is 0 Å². The van der Waals surface area contributed by atoms with Crippen molar-refractivity contribution >= 4 is 11.3 Å². The largest absolute Gasteiger partial charge is 0.265 e. The van der Waals surface area contributed by atoms with Crippen molar-refractivity contribution < 1.29 is 4.92 Å². The van der Waals surface area contributed by atoms with Crippen molar-refractivity contribution in [2.45, 2.75) is 19.8 Å². The maximum Gasteiger partial charge on any atom is 0.215 e. The van der Waals surface area contributed by atoms with E-state index in [0.717, 1.165) is 10.4 Å². The summed E-state index contributed by atoms with van der Waals surface area (Å²) in [5, 5.41) is 12.8. The molecule has 0 fully saturated rings. The lowest BCUT2D eigenvalue weighted by atomic mass is 9.94. The molecule has 1 atom stereocenters. The van der Waals surface area contributed by atoms with E-state index in [9.17, 15) is 10.1 Å². The molecule has 1 heterocycles. The molecule has 1 aromatic carbocycles. The highest BCUT2D eigenvalue weighted by Crippen LogP contribution is 2.29. The highest BCUT2D eigenvalue weighted by Gasteiger charge is 2.21. The van der Waals surface area contributed by atoms with E-state index in [-0.39, 0.29) is 17.4 Å². The molecule has 3 nitrogen and oxygen atoms in total. The average Bonchev–Trinajstić information content (AvgIpc) is 2.83. The molecular formula is C14H15NO2S. The fourth-order valence-electron chi connectivity index (χ4n) is 1.98. The third-order valence-electron chi connectivity index (χ3n) is 3.15. The monoisotopic (exact) mass is 261 g/mol. The Hall–Kier alpha value is -1.68. The summed E-state index contributed by atoms with van der Waals surface area (Å²) in [5.74, 6) is -0.140. The van der Waals surface area contributed by atoms with Crippen molar-refractivity contribution in [1.29, 1.82) is 0 Å². The Morgan fingerprint density at radius 3 is 2.61 bits per heavy atom. The topological polar surface area (TPSA) is 43.1 Å². The minimum absolute atomic E-state index is 0.0526. The molecule has 0 bridgehead atoms. The van der Waals surface area contributed by atoms with Gasteiger partial charge in [-0.1, -0.05) is 24.3 Å². The predicted octanol–water partition coefficient (Wildman–Crippen LogP) is 3.77. The van der Waals surface area contributed by atoms with Gasteiger partial charge < -0.3 is 0 Å². The molecule has 2 rings (SSSR count). The highest BCUT2D eigenvalue weighted by molar-refractivity contribution is 7.10. The Morgan fingerprint density at radius 2 is 2.06 bits per heavy atom. The average molecular weight is 261 g/mol. The smallest absolute Gasteiger partial charge is 0.215 e. The van der Waals surface area contributed by atoms with Crippen LogP contribution in [-0.2, 0) is 0 Å². The van der Waals surface area contributed by atoms with E-state index in [0.29, 0.717) is 0 Å². The van der Waals surface area contributed by atoms with Crippen molar-refractivity contribution in [1.82, 2.24) is 0 Å². The van der Waals surface area contributed by atoms with Gasteiger partial charge in [-0.3, -0.25) is 10.1 Å². The molecule has 2 aromatic rings. The van der Waals surface area contributed by atoms with Crippen molar-refractivity contribution in [3.8, 4) is 0 Å². The Labute approximate surface area is 110 Å². The van der Waals surface area contributed by atoms with Crippen LogP contribution in [0.25, 0.3) is 0 Å². The van der Waals surface area contributed by atoms with Crippen LogP contribution in [0.1, 0.15) is 27.5 Å². The first-order chi connectivity index (χ1) is 8.58. The number of hydrogen-bond acceptors (Lipinski definition) is 3. The van der Waals surface area contributed by atoms with E-state index < -0.39 is 0 Å². The minimum Gasteiger partial charge on any atom is -0.265 e. The van der Waals surface area contributed by atoms with Gasteiger partial charge in [0, 0.05) is 9.80 Å². The molecule has 0 radical (unpaired) electrons. The van der Waals surface area contributed by atoms with E-state index in [1.165, 1.54) is 11.1 Å². The molecule has 0 N–H and O–H groups in total. The minimum atomic E-state index is -0.237. The molecule has 4 heteroatoms. The Morgan fingerprint density at radius 1 is 1.28 bits per heavy atom. The number of thiophene rings is 1. The summed E-state index contributed by atoms with van der Waals surface area (Å²) in [6.07, 6.45) is 0. The van der Waals surface area contributed by atoms with Crippen LogP contribution in [0.15, 0.2) is 35.7 Å². The van der Waals surface area contributed by atoms with E-state index in [2.05, 4.69) is 6.07 Å². The van der Waals surface area contributed by atoms with Crippen LogP contribution in [0, 0.1) is 24.0 Å². The van der Waals surface area contributed by atoms with Crippen LogP contribution >= 0.6 is 11.3 Å². The Bertz CT molecular complexity index is 549. The second-order valence-electron chi connectivity index (χ2n) is 4.43. The molecule has 0 saturated carbocycles. The summed E-state index contributed by atoms with van der Waals surface area (Å²) in [6, 6.07) is 9.99. The van der Waals surface area contributed by atoms with E-state index in [1.54, 1.807) is 11.3 Å². The van der Waals surface area contributed by atoms with Crippen LogP contribution in [-0.4, -0.2) is 11.5 Å². The normalized spacial score (nSPS) is 12.3. The molecule has 0 aliphatic heterocycles. The maximum atomic E-state index is 10.8. The fourth-order valence-corrected chi connectivity index (χ4v) is 2.83. The number of hydrogen-bond donors (Lipinski definition) is 0. The first-order valence-corrected chi connectivity index (χ1v) is 6.68. The highest BCUT2D eigenvalue weighted by atomic mass is 32.1. The van der Waals surface area contributed by atoms with Gasteiger partial charge in [0.25, 0.3) is 0 Å². The van der Waals surface area contributed by atoms with Crippen LogP contribution in [0.4, 0.5) is 0 Å². The van der Waals surface area contributed by atoms with Crippen molar-refractivity contribution in [3.63, 3.8) is 0 Å². The number of aryl methyl sites for hydroxylation is 2. The summed E-state index contributed by atoms with van der Waals surface area (Å²) < 4.78 is 0. The number of benzene rings is 1. The molecule has 18 heavy (non-hydrogen) atoms. The second-order valence-corrected chi connectivity index (χ2v) is 5.41. The molecule has 0 saturated heterocycles. The Kier molecular flexibility index (Phi) is 3.77. The first-order valence-electron chi connectivity index (χ1n) is 5.80. The predicted molar refractivity (Wildman–Crippen MR) is 73.9 cm³/mol. The van der Waals surface area contributed by atoms with Crippen molar-refractivity contribution in [2.24, 2.45) is 0 Å². The third kappa shape index (κ3) is 2.76. The zero-order valence-corrected chi connectivity index (χ0v) is 11.2. The standard InChI is InChI=1S/C14H15NO2S/c1-10-5-6-12(8-11(10)2)13(9-15(16)17)14-4-3-7-18-14/h3-8,13H,9H2,1-2H3. The Balaban J connectivity index is 2.39. The first kappa shape index (κ1) is 12.8. The van der Waals surface area contributed by atoms with Gasteiger partial charge in [-0.15, -0.1) is 11.3 Å². The summed E-state index contributed by atoms with van der Waals surface area (Å²) in [5.41, 5.74) is 3.42. The van der Waals surface area contributed by atoms with E-state index in [4.69, 9.17) is 0 Å². The molecule has 0 spiro atoms. The molecule has 0 aliphatic rings. The quantitative estimate of drug-likeness (QED) is 0.621. The third-order valence-corrected chi connectivity index (χ3v) is 4.14. The van der Waals surface area contributed by atoms with Gasteiger partial charge in [-0.2, -0.15) is 0 Å². The van der Waals surface area contributed by atoms with Crippen LogP contribution < -0.4 is 0 Å². The van der Waals surface area contributed by atoms with Crippen LogP contribution in [0.5, 0.6) is 0 Å². The number of nitrogens with zero attached hydrogens (tertiary/aromatic N) is 1. The van der Waals surface area contributed by atoms with Gasteiger partial charge >= 0.3 is 0 Å². The van der Waals surface area contributed by atoms with Gasteiger partial charge in [0.15, 0.2) is 0 Å². The van der Waals surface area contributed by atoms with E-state index in [1.807, 2.05) is 43.5 Å². The lowest BCUT2D eigenvalue weighted by Gasteiger charge is -2.13. The van der Waals surface area contributed by atoms with Crippen LogP contribution in [0.2, 0.25) is 0 Å². The molecule has 1 unspecified atom stereocenters. The summed E-state index contributed by atoms with van der Waals surface area (Å²) in [6.45, 7) is 4.03. The molecular weight excluding hydrogens is 246 g/mol. The van der Waals surface area contributed by atoms with Crippen molar-refractivity contribution in [2.75, 3.05) is 6.54 Å². The zero-order chi connectivity index (χ0) is 13.1. The van der Waals surface area contributed by atoms with Crippen LogP contribution in [0.3, 0.4) is 0 Å². The second kappa shape index (κ2) is 5.31. The summed E-state index contributed by atoms with van der Waals surface area (Å²) >= 11 is 1.57. The fraction of sp³-hybridized carbons (Fsp3) is 0.286. The molecule has 0 aliphatic carbocycles. The van der Waals surface area contributed by atoms with Gasteiger partial charge in [0.05, 0.1) is 5.92 Å². The zero-order valence-electron chi connectivity index (χ0n) is 10.4. The SMILES string of the molecule is Cc1ccc(C(C[N+](=O)[O-])c2cccs2)cc1C. The number of nitro groups is 1. The lowest BCUT2D eigenvalue weighted by Crippen LogP contribution is -2.13. The van der Waals surface area contributed by atoms with Gasteiger partial charge in [0.1, 0.15) is 0 Å². The number of rotatable bonds is 4. The molecule has 1 aromatic heterocycles. The summed E-state index contributed by atoms with van der Waals surface area (Å²) in [4.78, 5) is 11.7. The van der Waals surface area contributed by atoms with E-state index >= 15 is 0 Å². The summed E-state index contributed by atoms with van der Waals surface area (Å²) in [7, 11) is 0.